The minimum atomic E-state index is -5.94. The topological polar surface area (TPSA) is 147 Å². The molecule has 11 nitrogen and oxygen atoms in total. The van der Waals surface area contributed by atoms with Gasteiger partial charge in [-0.25, -0.2) is 31.5 Å². The molecular formula is C42H28Cl3F10N5O6. The number of carbonyl (C=O) groups is 4. The molecule has 0 aromatic heterocycles. The first-order chi connectivity index (χ1) is 31.0. The van der Waals surface area contributed by atoms with Crippen molar-refractivity contribution in [2.75, 3.05) is 10.6 Å². The lowest BCUT2D eigenvalue weighted by atomic mass is 10.1. The first-order valence-electron chi connectivity index (χ1n) is 18.5. The lowest BCUT2D eigenvalue weighted by Gasteiger charge is -2.24. The maximum Gasteiger partial charge on any atom is 0.439 e. The zero-order valence-electron chi connectivity index (χ0n) is 32.8. The van der Waals surface area contributed by atoms with Crippen molar-refractivity contribution >= 4 is 75.8 Å². The second-order valence-corrected chi connectivity index (χ2v) is 14.8. The Kier molecular flexibility index (Phi) is 16.5. The third-order valence-corrected chi connectivity index (χ3v) is 9.50. The Morgan fingerprint density at radius 3 is 1.67 bits per heavy atom. The van der Waals surface area contributed by atoms with Crippen molar-refractivity contribution in [2.45, 2.75) is 37.9 Å². The van der Waals surface area contributed by atoms with Crippen molar-refractivity contribution in [1.29, 1.82) is 0 Å². The summed E-state index contributed by atoms with van der Waals surface area (Å²) in [4.78, 5) is 53.3. The van der Waals surface area contributed by atoms with Crippen LogP contribution in [0.1, 0.15) is 44.7 Å². The second kappa shape index (κ2) is 21.6. The SMILES string of the molecule is O=C(NC(=O)c1c(F)cccc1F)Nc1cc(Cl)c(OC(F)(F)C(F)C(F)(F)F)cc1Cl.O=C(NC(=O)c1c(F)cccc1F)Nc1ccc(CO/N=C(/c2ccc(Cl)cc2)C2CC2)cc1. The van der Waals surface area contributed by atoms with Crippen molar-refractivity contribution in [3.05, 3.63) is 158 Å². The number of carbonyl (C=O) groups excluding carboxylic acids is 4. The Morgan fingerprint density at radius 1 is 0.682 bits per heavy atom. The Morgan fingerprint density at radius 2 is 1.18 bits per heavy atom. The van der Waals surface area contributed by atoms with Gasteiger partial charge in [-0.3, -0.25) is 20.2 Å². The van der Waals surface area contributed by atoms with Gasteiger partial charge in [0.2, 0.25) is 0 Å². The number of oxime groups is 1. The quantitative estimate of drug-likeness (QED) is 0.0556. The van der Waals surface area contributed by atoms with Crippen LogP contribution in [0.3, 0.4) is 0 Å². The molecule has 0 radical (unpaired) electrons. The molecular weight excluding hydrogens is 967 g/mol. The van der Waals surface area contributed by atoms with Gasteiger partial charge in [0.1, 0.15) is 46.8 Å². The van der Waals surface area contributed by atoms with Gasteiger partial charge in [0.05, 0.1) is 21.4 Å². The highest BCUT2D eigenvalue weighted by Gasteiger charge is 2.59. The number of benzene rings is 5. The molecule has 24 heteroatoms. The van der Waals surface area contributed by atoms with Crippen molar-refractivity contribution in [1.82, 2.24) is 10.6 Å². The lowest BCUT2D eigenvalue weighted by molar-refractivity contribution is -0.304. The number of imide groups is 2. The van der Waals surface area contributed by atoms with Crippen LogP contribution in [0.25, 0.3) is 0 Å². The van der Waals surface area contributed by atoms with Gasteiger partial charge in [-0.15, -0.1) is 0 Å². The molecule has 1 saturated carbocycles. The fraction of sp³-hybridized carbons (Fsp3) is 0.167. The number of amides is 6. The number of halogens is 13. The van der Waals surface area contributed by atoms with E-state index >= 15 is 0 Å². The molecule has 4 N–H and O–H groups in total. The summed E-state index contributed by atoms with van der Waals surface area (Å²) >= 11 is 17.3. The molecule has 0 spiro atoms. The summed E-state index contributed by atoms with van der Waals surface area (Å²) in [7, 11) is 0. The number of ether oxygens (including phenoxy) is 1. The Labute approximate surface area is 381 Å². The van der Waals surface area contributed by atoms with Crippen LogP contribution >= 0.6 is 34.8 Å². The molecule has 1 aliphatic rings. The normalized spacial score (nSPS) is 13.1. The predicted octanol–water partition coefficient (Wildman–Crippen LogP) is 12.0. The standard InChI is InChI=1S/C25H20ClF2N3O3.C17H8Cl2F8N2O3/c26-18-10-8-17(9-11-18)23(16-6-7-16)31-34-14-15-4-12-19(13-5-15)29-25(33)30-24(32)22-20(27)2-1-3-21(22)28;18-6-5-11(32-17(26,27)14(22)16(23,24)25)7(19)4-10(6)28-15(31)29-13(30)12-8(20)2-1-3-9(12)21/h1-5,8-13,16H,6-7,14H2,(H2,29,30,32,33);1-5,14H,(H2,28,29,30,31)/b31-23+;. The molecule has 0 bridgehead atoms. The molecule has 0 heterocycles. The first-order valence-corrected chi connectivity index (χ1v) is 19.6. The summed E-state index contributed by atoms with van der Waals surface area (Å²) in [6.45, 7) is 0.224. The summed E-state index contributed by atoms with van der Waals surface area (Å²) in [5.74, 6) is -8.11. The van der Waals surface area contributed by atoms with Crippen LogP contribution in [-0.2, 0) is 11.4 Å². The van der Waals surface area contributed by atoms with Crippen molar-refractivity contribution < 1.29 is 72.7 Å². The summed E-state index contributed by atoms with van der Waals surface area (Å²) in [5, 5.41) is 11.3. The van der Waals surface area contributed by atoms with Gasteiger partial charge >= 0.3 is 24.3 Å². The summed E-state index contributed by atoms with van der Waals surface area (Å²) < 4.78 is 134. The van der Waals surface area contributed by atoms with Gasteiger partial charge < -0.3 is 20.2 Å². The van der Waals surface area contributed by atoms with Crippen LogP contribution in [-0.4, -0.2) is 48.0 Å². The van der Waals surface area contributed by atoms with E-state index < -0.39 is 98.2 Å². The van der Waals surface area contributed by atoms with Crippen LogP contribution in [0, 0.1) is 29.2 Å². The number of hydrogen-bond donors (Lipinski definition) is 4. The molecule has 1 fully saturated rings. The summed E-state index contributed by atoms with van der Waals surface area (Å²) in [5.41, 5.74) is 0.680. The number of anilines is 2. The van der Waals surface area contributed by atoms with Gasteiger partial charge in [-0.1, -0.05) is 76.4 Å². The average molecular weight is 995 g/mol. The minimum absolute atomic E-state index is 0.224. The third kappa shape index (κ3) is 13.7. The molecule has 66 heavy (non-hydrogen) atoms. The minimum Gasteiger partial charge on any atom is -0.428 e. The molecule has 348 valence electrons. The van der Waals surface area contributed by atoms with E-state index in [9.17, 15) is 63.1 Å². The second-order valence-electron chi connectivity index (χ2n) is 13.6. The summed E-state index contributed by atoms with van der Waals surface area (Å²) in [6, 6.07) is 18.4. The smallest absolute Gasteiger partial charge is 0.428 e. The number of nitrogens with zero attached hydrogens (tertiary/aromatic N) is 1. The number of urea groups is 2. The van der Waals surface area contributed by atoms with E-state index in [1.807, 2.05) is 34.9 Å². The molecule has 5 aromatic rings. The van der Waals surface area contributed by atoms with Crippen LogP contribution in [0.2, 0.25) is 15.1 Å². The Bertz CT molecular complexity index is 2600. The third-order valence-electron chi connectivity index (χ3n) is 8.64. The number of alkyl halides is 6. The Balaban J connectivity index is 0.000000248. The van der Waals surface area contributed by atoms with Crippen molar-refractivity contribution in [2.24, 2.45) is 11.1 Å². The highest BCUT2D eigenvalue weighted by molar-refractivity contribution is 6.36. The molecule has 1 unspecified atom stereocenters. The summed E-state index contributed by atoms with van der Waals surface area (Å²) in [6.07, 6.45) is -13.9. The van der Waals surface area contributed by atoms with Gasteiger partial charge in [-0.05, 0) is 78.6 Å². The van der Waals surface area contributed by atoms with Crippen molar-refractivity contribution in [3.8, 4) is 5.75 Å². The molecule has 5 aromatic carbocycles. The van der Waals surface area contributed by atoms with E-state index in [-0.39, 0.29) is 6.61 Å². The van der Waals surface area contributed by atoms with E-state index in [1.54, 1.807) is 29.6 Å². The maximum absolute atomic E-state index is 13.7. The molecule has 6 rings (SSSR count). The predicted molar refractivity (Wildman–Crippen MR) is 221 cm³/mol. The molecule has 6 amide bonds. The van der Waals surface area contributed by atoms with Crippen LogP contribution in [0.4, 0.5) is 64.9 Å². The van der Waals surface area contributed by atoms with Crippen LogP contribution < -0.4 is 26.0 Å². The van der Waals surface area contributed by atoms with Gasteiger partial charge in [0.15, 0.2) is 0 Å². The molecule has 0 aliphatic heterocycles. The first kappa shape index (κ1) is 50.4. The van der Waals surface area contributed by atoms with Gasteiger partial charge in [0.25, 0.3) is 18.0 Å². The fourth-order valence-electron chi connectivity index (χ4n) is 5.37. The van der Waals surface area contributed by atoms with Gasteiger partial charge in [0, 0.05) is 22.7 Å². The molecule has 1 aliphatic carbocycles. The zero-order chi connectivity index (χ0) is 48.5. The largest absolute Gasteiger partial charge is 0.439 e. The van der Waals surface area contributed by atoms with E-state index in [0.717, 1.165) is 66.1 Å². The zero-order valence-corrected chi connectivity index (χ0v) is 35.1. The van der Waals surface area contributed by atoms with Gasteiger partial charge in [-0.2, -0.15) is 22.0 Å². The van der Waals surface area contributed by atoms with E-state index in [4.69, 9.17) is 39.6 Å². The highest BCUT2D eigenvalue weighted by Crippen LogP contribution is 2.41. The average Bonchev–Trinajstić information content (AvgIpc) is 4.07. The Hall–Kier alpha value is -6.58. The number of rotatable bonds is 12. The maximum atomic E-state index is 13.7. The molecule has 1 atom stereocenters. The highest BCUT2D eigenvalue weighted by atomic mass is 35.5. The van der Waals surface area contributed by atoms with E-state index in [0.29, 0.717) is 28.8 Å². The number of nitrogens with one attached hydrogen (secondary N) is 4. The van der Waals surface area contributed by atoms with E-state index in [2.05, 4.69) is 15.2 Å². The fourth-order valence-corrected chi connectivity index (χ4v) is 5.90. The van der Waals surface area contributed by atoms with Crippen LogP contribution in [0.5, 0.6) is 5.75 Å². The van der Waals surface area contributed by atoms with Crippen molar-refractivity contribution in [3.63, 3.8) is 0 Å². The lowest BCUT2D eigenvalue weighted by Crippen LogP contribution is -2.45. The molecule has 0 saturated heterocycles. The van der Waals surface area contributed by atoms with Crippen LogP contribution in [0.15, 0.2) is 102 Å². The number of hydrogen-bond acceptors (Lipinski definition) is 7. The monoisotopic (exact) mass is 993 g/mol. The van der Waals surface area contributed by atoms with E-state index in [1.165, 1.54) is 0 Å².